The van der Waals surface area contributed by atoms with E-state index in [4.69, 9.17) is 30.2 Å². The van der Waals surface area contributed by atoms with Gasteiger partial charge in [-0.15, -0.1) is 0 Å². The lowest BCUT2D eigenvalue weighted by molar-refractivity contribution is -0.159. The minimum atomic E-state index is -1.82. The minimum Gasteiger partial charge on any atom is -0.473 e. The molecule has 0 saturated heterocycles. The van der Waals surface area contributed by atoms with Crippen molar-refractivity contribution in [3.8, 4) is 0 Å². The molecule has 0 fully saturated rings. The molecular weight excluding hydrogens is 134 g/mol. The van der Waals surface area contributed by atoms with Crippen molar-refractivity contribution in [2.45, 2.75) is 0 Å². The fourth-order valence-electron chi connectivity index (χ4n) is 0. The zero-order valence-corrected chi connectivity index (χ0v) is 4.11. The van der Waals surface area contributed by atoms with Crippen LogP contribution >= 0.6 is 0 Å². The summed E-state index contributed by atoms with van der Waals surface area (Å²) >= 11 is 0. The zero-order chi connectivity index (χ0) is 7.86. The summed E-state index contributed by atoms with van der Waals surface area (Å²) in [7, 11) is 0. The molecule has 0 aromatic carbocycles. The van der Waals surface area contributed by atoms with E-state index in [9.17, 15) is 0 Å². The quantitative estimate of drug-likeness (QED) is 0.204. The predicted molar refractivity (Wildman–Crippen MR) is 22.0 cm³/mol. The maximum absolute atomic E-state index is 9.10. The predicted octanol–water partition coefficient (Wildman–Crippen LogP) is -1.49. The maximum Gasteiger partial charge on any atom is 0.414 e. The second-order valence-electron chi connectivity index (χ2n) is 0.710. The number of hydrogen-bond acceptors (Lipinski definition) is 5. The van der Waals surface area contributed by atoms with E-state index < -0.39 is 11.9 Å². The van der Waals surface area contributed by atoms with Gasteiger partial charge in [0.15, 0.2) is 0 Å². The first-order valence-electron chi connectivity index (χ1n) is 1.55. The third kappa shape index (κ3) is 19.9. The summed E-state index contributed by atoms with van der Waals surface area (Å²) in [6.45, 7) is 0. The van der Waals surface area contributed by atoms with E-state index in [2.05, 4.69) is 0 Å². The van der Waals surface area contributed by atoms with Crippen LogP contribution in [0.5, 0.6) is 0 Å². The van der Waals surface area contributed by atoms with Gasteiger partial charge in [0.25, 0.3) is 0 Å². The van der Waals surface area contributed by atoms with Gasteiger partial charge in [-0.25, -0.2) is 9.59 Å². The van der Waals surface area contributed by atoms with Crippen LogP contribution in [0.25, 0.3) is 0 Å². The van der Waals surface area contributed by atoms with Gasteiger partial charge in [0.2, 0.25) is 0 Å². The van der Waals surface area contributed by atoms with Crippen LogP contribution in [-0.4, -0.2) is 32.6 Å². The van der Waals surface area contributed by atoms with Crippen molar-refractivity contribution in [2.24, 2.45) is 0 Å². The second kappa shape index (κ2) is 6.82. The Morgan fingerprint density at radius 2 is 1.11 bits per heavy atom. The molecule has 7 nitrogen and oxygen atoms in total. The molecule has 0 aromatic heterocycles. The first kappa shape index (κ1) is 10.7. The summed E-state index contributed by atoms with van der Waals surface area (Å²) in [5.74, 6) is -3.65. The molecule has 0 aliphatic rings. The molecule has 0 aliphatic heterocycles. The van der Waals surface area contributed by atoms with Gasteiger partial charge in [0.05, 0.1) is 0 Å². The van der Waals surface area contributed by atoms with E-state index in [0.29, 0.717) is 0 Å². The monoisotopic (exact) mass is 139 g/mol. The van der Waals surface area contributed by atoms with Gasteiger partial charge in [-0.2, -0.15) is 0 Å². The van der Waals surface area contributed by atoms with Crippen LogP contribution in [0.15, 0.2) is 0 Å². The number of nitrogens with one attached hydrogen (secondary N) is 1. The Morgan fingerprint density at radius 1 is 1.00 bits per heavy atom. The van der Waals surface area contributed by atoms with Crippen molar-refractivity contribution in [2.75, 3.05) is 0 Å². The van der Waals surface area contributed by atoms with Crippen LogP contribution < -0.4 is 5.64 Å². The minimum absolute atomic E-state index is 0.750. The number of carboxylic acid groups (broad SMARTS) is 2. The lowest BCUT2D eigenvalue weighted by atomic mass is 10.7. The Kier molecular flexibility index (Phi) is 8.14. The first-order chi connectivity index (χ1) is 4.06. The van der Waals surface area contributed by atoms with Crippen molar-refractivity contribution in [3.63, 3.8) is 0 Å². The van der Waals surface area contributed by atoms with Gasteiger partial charge in [-0.05, 0) is 0 Å². The smallest absolute Gasteiger partial charge is 0.414 e. The molecule has 0 radical (unpaired) electrons. The normalized spacial score (nSPS) is 6.89. The van der Waals surface area contributed by atoms with Crippen molar-refractivity contribution < 1.29 is 30.2 Å². The van der Waals surface area contributed by atoms with E-state index in [1.807, 2.05) is 0 Å². The molecule has 7 heteroatoms. The molecular formula is C2H5NO6. The highest BCUT2D eigenvalue weighted by Crippen LogP contribution is 1.56. The Hall–Kier alpha value is -1.18. The Morgan fingerprint density at radius 3 is 1.11 bits per heavy atom. The molecule has 0 unspecified atom stereocenters. The molecule has 0 amide bonds. The summed E-state index contributed by atoms with van der Waals surface area (Å²) in [4.78, 5) is 18.2. The molecule has 54 valence electrons. The van der Waals surface area contributed by atoms with Gasteiger partial charge in [-0.3, -0.25) is 10.4 Å². The average Bonchev–Trinajstić information content (AvgIpc) is 1.68. The van der Waals surface area contributed by atoms with Crippen molar-refractivity contribution in [1.29, 1.82) is 0 Å². The van der Waals surface area contributed by atoms with Crippen LogP contribution in [0.4, 0.5) is 0 Å². The Labute approximate surface area is 49.1 Å². The van der Waals surface area contributed by atoms with Crippen LogP contribution in [-0.2, 0) is 9.59 Å². The number of rotatable bonds is 0. The molecule has 0 atom stereocenters. The van der Waals surface area contributed by atoms with E-state index in [-0.39, 0.29) is 0 Å². The van der Waals surface area contributed by atoms with Gasteiger partial charge >= 0.3 is 11.9 Å². The highest BCUT2D eigenvalue weighted by Gasteiger charge is 2.04. The summed E-state index contributed by atoms with van der Waals surface area (Å²) in [6.07, 6.45) is 0. The highest BCUT2D eigenvalue weighted by molar-refractivity contribution is 6.27. The molecule has 5 N–H and O–H groups in total. The number of carbonyl (C=O) groups is 2. The molecule has 0 bridgehead atoms. The molecule has 9 heavy (non-hydrogen) atoms. The Bertz CT molecular complexity index is 87.2. The number of aliphatic carboxylic acids is 2. The van der Waals surface area contributed by atoms with Gasteiger partial charge in [-0.1, -0.05) is 5.64 Å². The lowest BCUT2D eigenvalue weighted by Gasteiger charge is -1.72. The van der Waals surface area contributed by atoms with E-state index in [1.165, 1.54) is 0 Å². The van der Waals surface area contributed by atoms with E-state index in [1.54, 1.807) is 0 Å². The average molecular weight is 139 g/mol. The fourth-order valence-corrected chi connectivity index (χ4v) is 0. The van der Waals surface area contributed by atoms with Crippen LogP contribution in [0.1, 0.15) is 0 Å². The second-order valence-corrected chi connectivity index (χ2v) is 0.710. The summed E-state index contributed by atoms with van der Waals surface area (Å²) in [5.41, 5.74) is 0.750. The van der Waals surface area contributed by atoms with Crippen LogP contribution in [0, 0.1) is 0 Å². The molecule has 0 saturated carbocycles. The first-order valence-corrected chi connectivity index (χ1v) is 1.55. The SMILES string of the molecule is O=C(O)C(=O)O.ONO. The van der Waals surface area contributed by atoms with Crippen molar-refractivity contribution >= 4 is 11.9 Å². The van der Waals surface area contributed by atoms with Gasteiger partial charge in [0, 0.05) is 0 Å². The largest absolute Gasteiger partial charge is 0.473 e. The summed E-state index contributed by atoms with van der Waals surface area (Å²) in [6, 6.07) is 0. The van der Waals surface area contributed by atoms with Gasteiger partial charge in [0.1, 0.15) is 0 Å². The lowest BCUT2D eigenvalue weighted by Crippen LogP contribution is -2.09. The topological polar surface area (TPSA) is 127 Å². The third-order valence-corrected chi connectivity index (χ3v) is 0.183. The van der Waals surface area contributed by atoms with E-state index >= 15 is 0 Å². The van der Waals surface area contributed by atoms with Crippen LogP contribution in [0.3, 0.4) is 0 Å². The summed E-state index contributed by atoms with van der Waals surface area (Å²) in [5, 5.41) is 28.5. The maximum atomic E-state index is 9.10. The number of carboxylic acids is 2. The fraction of sp³-hybridized carbons (Fsp3) is 0. The van der Waals surface area contributed by atoms with Crippen molar-refractivity contribution in [3.05, 3.63) is 0 Å². The Balaban J connectivity index is 0. The molecule has 0 heterocycles. The molecule has 0 spiro atoms. The standard InChI is InChI=1S/C2H2O4.H3NO2/c3-1(4)2(5)6;2-1-3/h(H,3,4)(H,5,6);1-3H. The highest BCUT2D eigenvalue weighted by atomic mass is 16.7. The zero-order valence-electron chi connectivity index (χ0n) is 4.11. The number of hydrogen-bond donors (Lipinski definition) is 5. The van der Waals surface area contributed by atoms with Crippen LogP contribution in [0.2, 0.25) is 0 Å². The molecule has 0 rings (SSSR count). The van der Waals surface area contributed by atoms with E-state index in [0.717, 1.165) is 5.64 Å². The van der Waals surface area contributed by atoms with Crippen molar-refractivity contribution in [1.82, 2.24) is 5.64 Å². The molecule has 0 aliphatic carbocycles. The summed E-state index contributed by atoms with van der Waals surface area (Å²) < 4.78 is 0. The van der Waals surface area contributed by atoms with Gasteiger partial charge < -0.3 is 10.2 Å². The molecule has 0 aromatic rings. The third-order valence-electron chi connectivity index (χ3n) is 0.183.